The minimum atomic E-state index is -1.10. The first-order chi connectivity index (χ1) is 8.13. The number of furan rings is 1. The highest BCUT2D eigenvalue weighted by Crippen LogP contribution is 2.26. The highest BCUT2D eigenvalue weighted by atomic mass is 16.4. The van der Waals surface area contributed by atoms with E-state index in [4.69, 9.17) is 13.9 Å². The van der Waals surface area contributed by atoms with Gasteiger partial charge in [-0.1, -0.05) is 13.3 Å². The van der Waals surface area contributed by atoms with Crippen molar-refractivity contribution < 1.29 is 18.7 Å². The van der Waals surface area contributed by atoms with Gasteiger partial charge in [0.15, 0.2) is 5.76 Å². The van der Waals surface area contributed by atoms with Crippen LogP contribution in [0.3, 0.4) is 0 Å². The second-order valence-electron chi connectivity index (χ2n) is 3.78. The highest BCUT2D eigenvalue weighted by Gasteiger charge is 2.21. The summed E-state index contributed by atoms with van der Waals surface area (Å²) in [7, 11) is 0. The molecule has 0 atom stereocenters. The average Bonchev–Trinajstić information content (AvgIpc) is 2.84. The van der Waals surface area contributed by atoms with Crippen LogP contribution in [-0.2, 0) is 6.42 Å². The molecule has 0 saturated heterocycles. The molecule has 90 valence electrons. The summed E-state index contributed by atoms with van der Waals surface area (Å²) in [4.78, 5) is 15.2. The second kappa shape index (κ2) is 4.45. The Morgan fingerprint density at radius 3 is 2.82 bits per heavy atom. The number of carboxylic acid groups (broad SMARTS) is 1. The minimum Gasteiger partial charge on any atom is -0.475 e. The van der Waals surface area contributed by atoms with Crippen molar-refractivity contribution in [2.45, 2.75) is 26.7 Å². The molecule has 2 aromatic rings. The number of carboxylic acids is 1. The Morgan fingerprint density at radius 1 is 1.53 bits per heavy atom. The maximum atomic E-state index is 11.0. The Kier molecular flexibility index (Phi) is 2.99. The number of aromatic nitrogens is 1. The van der Waals surface area contributed by atoms with E-state index in [1.165, 1.54) is 6.26 Å². The van der Waals surface area contributed by atoms with Gasteiger partial charge in [0.1, 0.15) is 0 Å². The molecule has 0 bridgehead atoms. The maximum absolute atomic E-state index is 11.0. The van der Waals surface area contributed by atoms with Crippen LogP contribution in [0.1, 0.15) is 35.2 Å². The Morgan fingerprint density at radius 2 is 2.29 bits per heavy atom. The largest absolute Gasteiger partial charge is 0.475 e. The molecule has 17 heavy (non-hydrogen) atoms. The van der Waals surface area contributed by atoms with Gasteiger partial charge in [0.2, 0.25) is 5.76 Å². The predicted octanol–water partition coefficient (Wildman–Crippen LogP) is 2.89. The zero-order chi connectivity index (χ0) is 12.4. The van der Waals surface area contributed by atoms with E-state index in [-0.39, 0.29) is 11.7 Å². The zero-order valence-corrected chi connectivity index (χ0v) is 9.69. The van der Waals surface area contributed by atoms with Crippen molar-refractivity contribution in [3.8, 4) is 11.7 Å². The molecular formula is C12H13NO4. The predicted molar refractivity (Wildman–Crippen MR) is 59.9 cm³/mol. The molecule has 0 aliphatic carbocycles. The molecule has 0 unspecified atom stereocenters. The van der Waals surface area contributed by atoms with E-state index in [9.17, 15) is 4.79 Å². The summed E-state index contributed by atoms with van der Waals surface area (Å²) in [5.41, 5.74) is 1.33. The van der Waals surface area contributed by atoms with Crippen molar-refractivity contribution in [1.82, 2.24) is 4.98 Å². The third kappa shape index (κ3) is 2.08. The summed E-state index contributed by atoms with van der Waals surface area (Å²) in [5, 5.41) is 9.01. The van der Waals surface area contributed by atoms with E-state index in [0.717, 1.165) is 12.0 Å². The van der Waals surface area contributed by atoms with Gasteiger partial charge in [-0.25, -0.2) is 9.78 Å². The molecule has 5 nitrogen and oxygen atoms in total. The molecule has 0 aliphatic heterocycles. The number of hydrogen-bond acceptors (Lipinski definition) is 4. The average molecular weight is 235 g/mol. The minimum absolute atomic E-state index is 0.0994. The Balaban J connectivity index is 2.47. The van der Waals surface area contributed by atoms with Gasteiger partial charge in [-0.15, -0.1) is 0 Å². The molecule has 2 rings (SSSR count). The first-order valence-corrected chi connectivity index (χ1v) is 5.41. The van der Waals surface area contributed by atoms with Crippen molar-refractivity contribution in [2.75, 3.05) is 0 Å². The van der Waals surface area contributed by atoms with Gasteiger partial charge in [0.05, 0.1) is 12.0 Å². The van der Waals surface area contributed by atoms with Gasteiger partial charge in [-0.2, -0.15) is 0 Å². The lowest BCUT2D eigenvalue weighted by Crippen LogP contribution is -1.99. The van der Waals surface area contributed by atoms with Gasteiger partial charge >= 0.3 is 5.97 Å². The maximum Gasteiger partial charge on any atom is 0.373 e. The van der Waals surface area contributed by atoms with Crippen molar-refractivity contribution in [1.29, 1.82) is 0 Å². The summed E-state index contributed by atoms with van der Waals surface area (Å²) in [6.45, 7) is 3.81. The molecule has 0 aromatic carbocycles. The monoisotopic (exact) mass is 235 g/mol. The van der Waals surface area contributed by atoms with Crippen LogP contribution in [0.5, 0.6) is 0 Å². The fourth-order valence-corrected chi connectivity index (χ4v) is 1.61. The number of carbonyl (C=O) groups is 1. The van der Waals surface area contributed by atoms with Crippen LogP contribution < -0.4 is 0 Å². The van der Waals surface area contributed by atoms with Gasteiger partial charge in [-0.05, 0) is 19.4 Å². The van der Waals surface area contributed by atoms with E-state index in [1.807, 2.05) is 13.8 Å². The Hall–Kier alpha value is -2.04. The number of hydrogen-bond donors (Lipinski definition) is 1. The lowest BCUT2D eigenvalue weighted by Gasteiger charge is -1.91. The van der Waals surface area contributed by atoms with Crippen LogP contribution in [0, 0.1) is 6.92 Å². The number of nitrogens with zero attached hydrogens (tertiary/aromatic N) is 1. The summed E-state index contributed by atoms with van der Waals surface area (Å²) in [6, 6.07) is 1.78. The van der Waals surface area contributed by atoms with Crippen LogP contribution in [0.25, 0.3) is 11.7 Å². The normalized spacial score (nSPS) is 10.7. The van der Waals surface area contributed by atoms with Crippen molar-refractivity contribution in [3.63, 3.8) is 0 Å². The zero-order valence-electron chi connectivity index (χ0n) is 9.69. The lowest BCUT2D eigenvalue weighted by molar-refractivity contribution is 0.0661. The Bertz CT molecular complexity index is 538. The van der Waals surface area contributed by atoms with Gasteiger partial charge < -0.3 is 13.9 Å². The summed E-state index contributed by atoms with van der Waals surface area (Å²) in [6.07, 6.45) is 2.91. The van der Waals surface area contributed by atoms with Crippen molar-refractivity contribution in [2.24, 2.45) is 0 Å². The topological polar surface area (TPSA) is 76.5 Å². The van der Waals surface area contributed by atoms with E-state index in [0.29, 0.717) is 17.9 Å². The van der Waals surface area contributed by atoms with E-state index in [1.54, 1.807) is 6.07 Å². The molecule has 0 saturated carbocycles. The van der Waals surface area contributed by atoms with Gasteiger partial charge in [0.25, 0.3) is 5.89 Å². The van der Waals surface area contributed by atoms with E-state index < -0.39 is 5.97 Å². The third-order valence-corrected chi connectivity index (χ3v) is 2.43. The van der Waals surface area contributed by atoms with Crippen LogP contribution in [0.15, 0.2) is 21.2 Å². The molecule has 0 aliphatic rings. The van der Waals surface area contributed by atoms with E-state index in [2.05, 4.69) is 4.98 Å². The third-order valence-electron chi connectivity index (χ3n) is 2.43. The molecular weight excluding hydrogens is 222 g/mol. The lowest BCUT2D eigenvalue weighted by atomic mass is 10.2. The number of aryl methyl sites for hydroxylation is 2. The van der Waals surface area contributed by atoms with Crippen LogP contribution >= 0.6 is 0 Å². The smallest absolute Gasteiger partial charge is 0.373 e. The first-order valence-electron chi connectivity index (χ1n) is 5.41. The quantitative estimate of drug-likeness (QED) is 0.881. The molecule has 0 radical (unpaired) electrons. The fraction of sp³-hybridized carbons (Fsp3) is 0.333. The first kappa shape index (κ1) is 11.4. The van der Waals surface area contributed by atoms with Crippen molar-refractivity contribution in [3.05, 3.63) is 29.3 Å². The highest BCUT2D eigenvalue weighted by molar-refractivity contribution is 5.86. The molecule has 0 amide bonds. The Labute approximate surface area is 98.1 Å². The standard InChI is InChI=1S/C12H13NO4/c1-3-4-8-10(12(14)15)17-11(13-8)9-7(2)5-6-16-9/h5-6H,3-4H2,1-2H3,(H,14,15). The molecule has 2 heterocycles. The van der Waals surface area contributed by atoms with Crippen LogP contribution in [0.2, 0.25) is 0 Å². The number of aromatic carboxylic acids is 1. The van der Waals surface area contributed by atoms with Gasteiger partial charge in [0, 0.05) is 5.56 Å². The van der Waals surface area contributed by atoms with E-state index >= 15 is 0 Å². The summed E-state index contributed by atoms with van der Waals surface area (Å²) >= 11 is 0. The summed E-state index contributed by atoms with van der Waals surface area (Å²) < 4.78 is 10.5. The fourth-order valence-electron chi connectivity index (χ4n) is 1.61. The molecule has 5 heteroatoms. The van der Waals surface area contributed by atoms with Gasteiger partial charge in [-0.3, -0.25) is 0 Å². The molecule has 0 fully saturated rings. The summed E-state index contributed by atoms with van der Waals surface area (Å²) in [5.74, 6) is -0.489. The number of oxazole rings is 1. The molecule has 2 aromatic heterocycles. The van der Waals surface area contributed by atoms with Crippen LogP contribution in [-0.4, -0.2) is 16.1 Å². The van der Waals surface area contributed by atoms with Crippen LogP contribution in [0.4, 0.5) is 0 Å². The SMILES string of the molecule is CCCc1nc(-c2occc2C)oc1C(=O)O. The van der Waals surface area contributed by atoms with Crippen molar-refractivity contribution >= 4 is 5.97 Å². The second-order valence-corrected chi connectivity index (χ2v) is 3.78. The molecule has 0 spiro atoms. The number of rotatable bonds is 4. The molecule has 1 N–H and O–H groups in total.